The van der Waals surface area contributed by atoms with Crippen molar-refractivity contribution in [3.63, 3.8) is 0 Å². The van der Waals surface area contributed by atoms with E-state index in [-0.39, 0.29) is 37.5 Å². The van der Waals surface area contributed by atoms with Gasteiger partial charge in [0, 0.05) is 57.5 Å². The van der Waals surface area contributed by atoms with Crippen molar-refractivity contribution >= 4 is 53.7 Å². The van der Waals surface area contributed by atoms with E-state index in [0.29, 0.717) is 127 Å². The van der Waals surface area contributed by atoms with E-state index in [9.17, 15) is 28.8 Å². The number of nitrogens with zero attached hydrogens (tertiary/aromatic N) is 4. The van der Waals surface area contributed by atoms with E-state index in [1.807, 2.05) is 4.90 Å². The second-order valence-corrected chi connectivity index (χ2v) is 16.2. The molecule has 0 atom stereocenters. The van der Waals surface area contributed by atoms with Crippen molar-refractivity contribution in [2.24, 2.45) is 0 Å². The molecule has 0 bridgehead atoms. The van der Waals surface area contributed by atoms with Crippen molar-refractivity contribution in [2.75, 3.05) is 102 Å². The Morgan fingerprint density at radius 1 is 0.438 bits per heavy atom. The summed E-state index contributed by atoms with van der Waals surface area (Å²) in [6.07, 6.45) is 19.8. The van der Waals surface area contributed by atoms with Gasteiger partial charge in [0.1, 0.15) is 19.8 Å². The van der Waals surface area contributed by atoms with E-state index in [4.69, 9.17) is 42.6 Å². The summed E-state index contributed by atoms with van der Waals surface area (Å²) in [6.45, 7) is 2.35. The van der Waals surface area contributed by atoms with Crippen LogP contribution in [0.4, 0.5) is 0 Å². The first-order chi connectivity index (χ1) is 35.4. The second kappa shape index (κ2) is 26.8. The summed E-state index contributed by atoms with van der Waals surface area (Å²) in [5.41, 5.74) is 1.74. The van der Waals surface area contributed by atoms with Crippen LogP contribution in [0.3, 0.4) is 0 Å². The van der Waals surface area contributed by atoms with Gasteiger partial charge in [0.2, 0.25) is 17.2 Å². The fourth-order valence-corrected chi connectivity index (χ4v) is 7.77. The van der Waals surface area contributed by atoms with Crippen molar-refractivity contribution in [2.45, 2.75) is 19.3 Å². The molecule has 3 aromatic rings. The molecule has 0 fully saturated rings. The van der Waals surface area contributed by atoms with Crippen LogP contribution in [0, 0.1) is 0 Å². The number of carbonyl (C=O) groups excluding carboxylic acids is 6. The molecule has 0 saturated carbocycles. The minimum absolute atomic E-state index is 0.141. The molecule has 73 heavy (non-hydrogen) atoms. The SMILES string of the molecule is COc1cc(C=CC(=O)N2CCC=CC2=O)cc(OC)c1OCCN(CCOc1c(OC)cc(C=CC(=O)N2CCC=CC2=O)cc1OC)CCOc1c(OC)cc(C=CC(=O)N2CCC=CC2=O)cc1OC. The van der Waals surface area contributed by atoms with Gasteiger partial charge in [-0.3, -0.25) is 48.4 Å². The van der Waals surface area contributed by atoms with Crippen molar-refractivity contribution in [1.29, 1.82) is 0 Å². The largest absolute Gasteiger partial charge is 0.493 e. The smallest absolute Gasteiger partial charge is 0.253 e. The van der Waals surface area contributed by atoms with Crippen molar-refractivity contribution in [1.82, 2.24) is 19.6 Å². The minimum Gasteiger partial charge on any atom is -0.493 e. The van der Waals surface area contributed by atoms with Gasteiger partial charge >= 0.3 is 0 Å². The highest BCUT2D eigenvalue weighted by molar-refractivity contribution is 6.08. The van der Waals surface area contributed by atoms with Crippen LogP contribution < -0.4 is 42.6 Å². The number of ether oxygens (including phenoxy) is 9. The first-order valence-corrected chi connectivity index (χ1v) is 23.4. The van der Waals surface area contributed by atoms with Crippen LogP contribution in [-0.2, 0) is 28.8 Å². The van der Waals surface area contributed by atoms with E-state index < -0.39 is 17.7 Å². The van der Waals surface area contributed by atoms with E-state index >= 15 is 0 Å². The lowest BCUT2D eigenvalue weighted by molar-refractivity contribution is -0.140. The Balaban J connectivity index is 1.18. The Kier molecular flexibility index (Phi) is 19.8. The van der Waals surface area contributed by atoms with Gasteiger partial charge in [-0.05, 0) is 109 Å². The van der Waals surface area contributed by atoms with Crippen molar-refractivity contribution < 1.29 is 71.4 Å². The molecule has 0 radical (unpaired) electrons. The Labute approximate surface area is 424 Å². The molecule has 19 heteroatoms. The standard InChI is InChI=1S/C54H60N4O15/c1-65-40-31-37(16-19-49(62)56-22-10-7-13-46(56)59)32-41(66-2)52(40)71-28-25-55(26-29-72-53-42(67-3)33-38(34-43(53)68-4)17-20-50(63)57-23-11-8-14-47(57)60)27-30-73-54-44(69-5)35-39(36-45(54)70-6)18-21-51(64)58-24-12-9-15-48(58)61/h7-9,13-21,31-36H,10-12,22-30H2,1-6H3. The van der Waals surface area contributed by atoms with Gasteiger partial charge in [0.05, 0.1) is 42.7 Å². The molecule has 0 aliphatic carbocycles. The number of hydrogen-bond donors (Lipinski definition) is 0. The summed E-state index contributed by atoms with van der Waals surface area (Å²) in [6, 6.07) is 10.2. The lowest BCUT2D eigenvalue weighted by Crippen LogP contribution is -2.37. The van der Waals surface area contributed by atoms with E-state index in [0.717, 1.165) is 0 Å². The summed E-state index contributed by atoms with van der Waals surface area (Å²) in [4.78, 5) is 80.7. The highest BCUT2D eigenvalue weighted by Gasteiger charge is 2.23. The minimum atomic E-state index is -0.444. The van der Waals surface area contributed by atoms with Gasteiger partial charge in [-0.1, -0.05) is 18.2 Å². The zero-order valence-corrected chi connectivity index (χ0v) is 41.8. The average molecular weight is 1010 g/mol. The Morgan fingerprint density at radius 2 is 0.685 bits per heavy atom. The summed E-state index contributed by atoms with van der Waals surface area (Å²) in [7, 11) is 8.92. The molecule has 3 aliphatic heterocycles. The number of carbonyl (C=O) groups is 6. The first kappa shape index (κ1) is 54.0. The zero-order valence-electron chi connectivity index (χ0n) is 41.8. The third-order valence-corrected chi connectivity index (χ3v) is 11.6. The van der Waals surface area contributed by atoms with Gasteiger partial charge in [-0.25, -0.2) is 0 Å². The highest BCUT2D eigenvalue weighted by Crippen LogP contribution is 2.41. The summed E-state index contributed by atoms with van der Waals surface area (Å²) >= 11 is 0. The Hall–Kier alpha value is -8.32. The maximum Gasteiger partial charge on any atom is 0.253 e. The highest BCUT2D eigenvalue weighted by atomic mass is 16.6. The summed E-state index contributed by atoms with van der Waals surface area (Å²) in [5.74, 6) is 0.618. The molecule has 6 amide bonds. The van der Waals surface area contributed by atoms with Crippen molar-refractivity contribution in [3.05, 3.63) is 108 Å². The zero-order chi connectivity index (χ0) is 52.3. The van der Waals surface area contributed by atoms with Crippen LogP contribution in [0.5, 0.6) is 51.7 Å². The molecule has 19 nitrogen and oxygen atoms in total. The molecule has 0 spiro atoms. The predicted octanol–water partition coefficient (Wildman–Crippen LogP) is 5.56. The molecule has 386 valence electrons. The average Bonchev–Trinajstić information content (AvgIpc) is 3.41. The van der Waals surface area contributed by atoms with Crippen LogP contribution in [0.1, 0.15) is 36.0 Å². The van der Waals surface area contributed by atoms with Gasteiger partial charge in [0.25, 0.3) is 35.4 Å². The number of benzene rings is 3. The molecule has 3 aliphatic rings. The van der Waals surface area contributed by atoms with Gasteiger partial charge in [-0.15, -0.1) is 0 Å². The molecule has 3 aromatic carbocycles. The number of methoxy groups -OCH3 is 6. The van der Waals surface area contributed by atoms with E-state index in [2.05, 4.69) is 0 Å². The van der Waals surface area contributed by atoms with Gasteiger partial charge < -0.3 is 42.6 Å². The summed E-state index contributed by atoms with van der Waals surface area (Å²) in [5, 5.41) is 0. The molecule has 0 unspecified atom stereocenters. The molecule has 0 N–H and O–H groups in total. The van der Waals surface area contributed by atoms with Crippen LogP contribution >= 0.6 is 0 Å². The maximum atomic E-state index is 12.8. The molecule has 0 aromatic heterocycles. The number of hydrogen-bond acceptors (Lipinski definition) is 16. The monoisotopic (exact) mass is 1000 g/mol. The Bertz CT molecular complexity index is 2340. The van der Waals surface area contributed by atoms with Gasteiger partial charge in [0.15, 0.2) is 34.5 Å². The summed E-state index contributed by atoms with van der Waals surface area (Å²) < 4.78 is 53.2. The number of imide groups is 3. The normalized spacial score (nSPS) is 14.7. The fraction of sp³-hybridized carbons (Fsp3) is 0.333. The Morgan fingerprint density at radius 3 is 0.904 bits per heavy atom. The molecular weight excluding hydrogens is 945 g/mol. The quantitative estimate of drug-likeness (QED) is 0.101. The number of rotatable bonds is 24. The lowest BCUT2D eigenvalue weighted by atomic mass is 10.1. The molecular formula is C54H60N4O15. The van der Waals surface area contributed by atoms with Crippen molar-refractivity contribution in [3.8, 4) is 51.7 Å². The first-order valence-electron chi connectivity index (χ1n) is 23.4. The maximum absolute atomic E-state index is 12.8. The lowest BCUT2D eigenvalue weighted by Gasteiger charge is -2.24. The molecule has 3 heterocycles. The predicted molar refractivity (Wildman–Crippen MR) is 270 cm³/mol. The molecule has 6 rings (SSSR count). The second-order valence-electron chi connectivity index (χ2n) is 16.2. The van der Waals surface area contributed by atoms with Crippen LogP contribution in [-0.4, -0.2) is 157 Å². The topological polar surface area (TPSA) is 198 Å². The van der Waals surface area contributed by atoms with Gasteiger partial charge in [-0.2, -0.15) is 0 Å². The third-order valence-electron chi connectivity index (χ3n) is 11.6. The molecule has 0 saturated heterocycles. The fourth-order valence-electron chi connectivity index (χ4n) is 7.77. The van der Waals surface area contributed by atoms with E-state index in [1.54, 1.807) is 72.9 Å². The van der Waals surface area contributed by atoms with E-state index in [1.165, 1.54) is 93.8 Å². The van der Waals surface area contributed by atoms with Crippen LogP contribution in [0.25, 0.3) is 18.2 Å². The van der Waals surface area contributed by atoms with Crippen LogP contribution in [0.2, 0.25) is 0 Å². The third kappa shape index (κ3) is 14.4. The van der Waals surface area contributed by atoms with Crippen LogP contribution in [0.15, 0.2) is 91.1 Å². The number of amides is 6.